The third-order valence-corrected chi connectivity index (χ3v) is 8.79. The Labute approximate surface area is 244 Å². The molecule has 0 aliphatic carbocycles. The van der Waals surface area contributed by atoms with E-state index in [1.807, 2.05) is 29.2 Å². The van der Waals surface area contributed by atoms with Crippen LogP contribution < -0.4 is 14.2 Å². The van der Waals surface area contributed by atoms with E-state index in [9.17, 15) is 4.79 Å². The molecule has 2 aromatic carbocycles. The maximum atomic E-state index is 13.9. The molecule has 2 aliphatic heterocycles. The molecule has 6 heteroatoms. The quantitative estimate of drug-likeness (QED) is 0.292. The number of rotatable bonds is 6. The van der Waals surface area contributed by atoms with Gasteiger partial charge in [-0.1, -0.05) is 11.6 Å². The number of nitrogens with zero attached hydrogens (tertiary/aromatic N) is 1. The second-order valence-electron chi connectivity index (χ2n) is 12.3. The maximum absolute atomic E-state index is 13.9. The van der Waals surface area contributed by atoms with Gasteiger partial charge in [-0.2, -0.15) is 0 Å². The summed E-state index contributed by atoms with van der Waals surface area (Å²) in [6.07, 6.45) is 5.50. The highest BCUT2D eigenvalue weighted by Crippen LogP contribution is 2.42. The number of carbonyl (C=O) groups excluding carboxylic acids is 1. The summed E-state index contributed by atoms with van der Waals surface area (Å²) >= 11 is 0. The predicted octanol–water partition coefficient (Wildman–Crippen LogP) is 7.62. The summed E-state index contributed by atoms with van der Waals surface area (Å²) < 4.78 is 23.8. The lowest BCUT2D eigenvalue weighted by Crippen LogP contribution is -2.39. The average molecular weight is 558 g/mol. The second kappa shape index (κ2) is 11.0. The molecule has 0 fully saturated rings. The first kappa shape index (κ1) is 28.8. The number of carbonyl (C=O) groups is 1. The summed E-state index contributed by atoms with van der Waals surface area (Å²) in [6.45, 7) is 15.5. The lowest BCUT2D eigenvalue weighted by Gasteiger charge is -2.36. The Bertz CT molecular complexity index is 1520. The zero-order valence-corrected chi connectivity index (χ0v) is 26.0. The average Bonchev–Trinajstić information content (AvgIpc) is 3.41. The summed E-state index contributed by atoms with van der Waals surface area (Å²) in [4.78, 5) is 15.8. The predicted molar refractivity (Wildman–Crippen MR) is 162 cm³/mol. The molecule has 1 unspecified atom stereocenters. The molecule has 0 saturated carbocycles. The number of fused-ring (bicyclic) bond motifs is 2. The number of ether oxygens (including phenoxy) is 3. The van der Waals surface area contributed by atoms with Crippen LogP contribution in [0.15, 0.2) is 40.3 Å². The Balaban J connectivity index is 1.44. The SMILES string of the molecule is COc1cc2c(cc1OC)C(C=C(C)C)N(C(=O)c1ccc(Cc3c(C)c(C)c4c(c3C)CCC(C)(C)O4)o1)CC2. The fourth-order valence-corrected chi connectivity index (χ4v) is 6.32. The molecule has 3 aromatic rings. The third-order valence-electron chi connectivity index (χ3n) is 8.79. The minimum atomic E-state index is -0.221. The largest absolute Gasteiger partial charge is 0.493 e. The molecule has 41 heavy (non-hydrogen) atoms. The van der Waals surface area contributed by atoms with Crippen LogP contribution in [-0.2, 0) is 19.3 Å². The molecule has 0 N–H and O–H groups in total. The van der Waals surface area contributed by atoms with E-state index in [0.717, 1.165) is 47.5 Å². The summed E-state index contributed by atoms with van der Waals surface area (Å²) in [5, 5.41) is 0. The van der Waals surface area contributed by atoms with Crippen molar-refractivity contribution in [3.8, 4) is 17.2 Å². The smallest absolute Gasteiger partial charge is 0.290 e. The van der Waals surface area contributed by atoms with Crippen LogP contribution in [0.3, 0.4) is 0 Å². The summed E-state index contributed by atoms with van der Waals surface area (Å²) in [6, 6.07) is 7.58. The van der Waals surface area contributed by atoms with Crippen LogP contribution in [0.25, 0.3) is 0 Å². The van der Waals surface area contributed by atoms with Crippen LogP contribution in [0.4, 0.5) is 0 Å². The van der Waals surface area contributed by atoms with E-state index in [4.69, 9.17) is 18.6 Å². The lowest BCUT2D eigenvalue weighted by molar-refractivity contribution is 0.0665. The fourth-order valence-electron chi connectivity index (χ4n) is 6.32. The van der Waals surface area contributed by atoms with Crippen LogP contribution in [0, 0.1) is 20.8 Å². The number of amides is 1. The van der Waals surface area contributed by atoms with Gasteiger partial charge in [-0.15, -0.1) is 0 Å². The van der Waals surface area contributed by atoms with Gasteiger partial charge >= 0.3 is 0 Å². The van der Waals surface area contributed by atoms with Gasteiger partial charge in [0.1, 0.15) is 17.1 Å². The summed E-state index contributed by atoms with van der Waals surface area (Å²) in [5.41, 5.74) is 9.45. The van der Waals surface area contributed by atoms with E-state index in [1.54, 1.807) is 14.2 Å². The van der Waals surface area contributed by atoms with Gasteiger partial charge in [-0.3, -0.25) is 4.79 Å². The molecular formula is C35H43NO5. The van der Waals surface area contributed by atoms with E-state index in [0.29, 0.717) is 30.2 Å². The number of allylic oxidation sites excluding steroid dienone is 1. The van der Waals surface area contributed by atoms with Crippen molar-refractivity contribution in [2.75, 3.05) is 20.8 Å². The molecular weight excluding hydrogens is 514 g/mol. The lowest BCUT2D eigenvalue weighted by atomic mass is 9.84. The summed E-state index contributed by atoms with van der Waals surface area (Å²) in [7, 11) is 3.28. The molecule has 0 radical (unpaired) electrons. The third kappa shape index (κ3) is 5.37. The van der Waals surface area contributed by atoms with Crippen molar-refractivity contribution in [2.24, 2.45) is 0 Å². The summed E-state index contributed by atoms with van der Waals surface area (Å²) in [5.74, 6) is 3.46. The van der Waals surface area contributed by atoms with E-state index in [2.05, 4.69) is 54.5 Å². The van der Waals surface area contributed by atoms with Gasteiger partial charge in [0.15, 0.2) is 17.3 Å². The molecule has 0 bridgehead atoms. The van der Waals surface area contributed by atoms with Crippen molar-refractivity contribution in [1.29, 1.82) is 0 Å². The van der Waals surface area contributed by atoms with Crippen molar-refractivity contribution in [3.05, 3.63) is 86.4 Å². The maximum Gasteiger partial charge on any atom is 0.290 e. The van der Waals surface area contributed by atoms with Crippen molar-refractivity contribution < 1.29 is 23.4 Å². The molecule has 0 saturated heterocycles. The monoisotopic (exact) mass is 557 g/mol. The van der Waals surface area contributed by atoms with E-state index < -0.39 is 0 Å². The van der Waals surface area contributed by atoms with Crippen LogP contribution in [-0.4, -0.2) is 37.2 Å². The first-order valence-electron chi connectivity index (χ1n) is 14.5. The van der Waals surface area contributed by atoms with E-state index in [1.165, 1.54) is 27.8 Å². The number of benzene rings is 2. The Kier molecular flexibility index (Phi) is 7.71. The van der Waals surface area contributed by atoms with Gasteiger partial charge in [0.25, 0.3) is 5.91 Å². The molecule has 2 aliphatic rings. The molecule has 0 spiro atoms. The van der Waals surface area contributed by atoms with E-state index in [-0.39, 0.29) is 17.6 Å². The van der Waals surface area contributed by atoms with Gasteiger partial charge in [-0.05, 0) is 131 Å². The normalized spacial score (nSPS) is 17.3. The van der Waals surface area contributed by atoms with Crippen LogP contribution in [0.2, 0.25) is 0 Å². The Morgan fingerprint density at radius 2 is 1.73 bits per heavy atom. The first-order chi connectivity index (χ1) is 19.4. The Morgan fingerprint density at radius 3 is 2.41 bits per heavy atom. The van der Waals surface area contributed by atoms with Gasteiger partial charge < -0.3 is 23.5 Å². The van der Waals surface area contributed by atoms with Gasteiger partial charge in [0, 0.05) is 13.0 Å². The van der Waals surface area contributed by atoms with Gasteiger partial charge in [0.2, 0.25) is 0 Å². The highest BCUT2D eigenvalue weighted by atomic mass is 16.5. The van der Waals surface area contributed by atoms with Gasteiger partial charge in [0.05, 0.1) is 20.3 Å². The van der Waals surface area contributed by atoms with Crippen LogP contribution in [0.1, 0.15) is 95.4 Å². The molecule has 1 amide bonds. The van der Waals surface area contributed by atoms with E-state index >= 15 is 0 Å². The van der Waals surface area contributed by atoms with Gasteiger partial charge in [-0.25, -0.2) is 0 Å². The standard InChI is InChI=1S/C35H43NO5/c1-20(2)16-29-28-19-32(39-9)31(38-8)17-24(28)13-15-36(29)34(37)30-11-10-25(40-30)18-27-21(3)22(4)33-26(23(27)5)12-14-35(6,7)41-33/h10-11,16-17,19,29H,12-15,18H2,1-9H3. The van der Waals surface area contributed by atoms with Crippen molar-refractivity contribution in [2.45, 2.75) is 85.8 Å². The topological polar surface area (TPSA) is 61.1 Å². The first-order valence-corrected chi connectivity index (χ1v) is 14.5. The minimum absolute atomic E-state index is 0.107. The number of furan rings is 1. The molecule has 1 atom stereocenters. The highest BCUT2D eigenvalue weighted by Gasteiger charge is 2.34. The van der Waals surface area contributed by atoms with Crippen LogP contribution >= 0.6 is 0 Å². The number of hydrogen-bond acceptors (Lipinski definition) is 5. The fraction of sp³-hybridized carbons (Fsp3) is 0.457. The highest BCUT2D eigenvalue weighted by molar-refractivity contribution is 5.92. The van der Waals surface area contributed by atoms with Crippen molar-refractivity contribution in [3.63, 3.8) is 0 Å². The van der Waals surface area contributed by atoms with Crippen LogP contribution in [0.5, 0.6) is 17.2 Å². The van der Waals surface area contributed by atoms with Crippen molar-refractivity contribution >= 4 is 5.91 Å². The zero-order valence-electron chi connectivity index (χ0n) is 26.0. The molecule has 218 valence electrons. The molecule has 1 aromatic heterocycles. The molecule has 3 heterocycles. The second-order valence-corrected chi connectivity index (χ2v) is 12.3. The van der Waals surface area contributed by atoms with Crippen molar-refractivity contribution in [1.82, 2.24) is 4.90 Å². The molecule has 6 nitrogen and oxygen atoms in total. The minimum Gasteiger partial charge on any atom is -0.493 e. The Morgan fingerprint density at radius 1 is 1.02 bits per heavy atom. The molecule has 5 rings (SSSR count). The zero-order chi connectivity index (χ0) is 29.6. The number of hydrogen-bond donors (Lipinski definition) is 0. The Hall–Kier alpha value is -3.67. The number of methoxy groups -OCH3 is 2.